The lowest BCUT2D eigenvalue weighted by Crippen LogP contribution is -2.02. The van der Waals surface area contributed by atoms with Crippen molar-refractivity contribution in [3.63, 3.8) is 0 Å². The van der Waals surface area contributed by atoms with Crippen LogP contribution in [0.5, 0.6) is 11.5 Å². The van der Waals surface area contributed by atoms with Gasteiger partial charge in [0.1, 0.15) is 6.61 Å². The highest BCUT2D eigenvalue weighted by molar-refractivity contribution is 14.1. The van der Waals surface area contributed by atoms with Crippen molar-refractivity contribution in [2.24, 2.45) is 0 Å². The number of fused-ring (bicyclic) bond motifs is 1. The minimum absolute atomic E-state index is 0.405. The van der Waals surface area contributed by atoms with E-state index >= 15 is 0 Å². The van der Waals surface area contributed by atoms with Crippen LogP contribution < -0.4 is 9.47 Å². The van der Waals surface area contributed by atoms with Crippen LogP contribution in [0.2, 0.25) is 10.0 Å². The molecule has 0 aliphatic rings. The van der Waals surface area contributed by atoms with Gasteiger partial charge in [-0.2, -0.15) is 5.26 Å². The predicted molar refractivity (Wildman–Crippen MR) is 149 cm³/mol. The molecular weight excluding hydrogens is 580 g/mol. The van der Waals surface area contributed by atoms with E-state index in [0.29, 0.717) is 45.9 Å². The van der Waals surface area contributed by atoms with Gasteiger partial charge in [0.2, 0.25) is 0 Å². The first kappa shape index (κ1) is 24.4. The molecule has 4 aromatic carbocycles. The van der Waals surface area contributed by atoms with Crippen molar-refractivity contribution in [1.82, 2.24) is 0 Å². The molecule has 3 nitrogen and oxygen atoms in total. The molecule has 0 atom stereocenters. The predicted octanol–water partition coefficient (Wildman–Crippen LogP) is 8.79. The van der Waals surface area contributed by atoms with E-state index in [1.54, 1.807) is 24.3 Å². The standard InChI is InChI=1S/C28H20Cl2INO2/c1-2-33-27-14-18(12-22(16-32)20-10-11-24(29)25(30)15-20)13-26(31)28(27)34-17-21-8-5-7-19-6-3-4-9-23(19)21/h3-15H,2,17H2,1H3/b22-12-. The maximum absolute atomic E-state index is 9.74. The monoisotopic (exact) mass is 599 g/mol. The molecule has 0 heterocycles. The van der Waals surface area contributed by atoms with Crippen LogP contribution in [0.3, 0.4) is 0 Å². The van der Waals surface area contributed by atoms with Crippen molar-refractivity contribution in [3.8, 4) is 17.6 Å². The molecule has 0 spiro atoms. The molecule has 6 heteroatoms. The molecule has 0 unspecified atom stereocenters. The molecule has 0 bridgehead atoms. The smallest absolute Gasteiger partial charge is 0.175 e. The lowest BCUT2D eigenvalue weighted by Gasteiger charge is -2.16. The normalized spacial score (nSPS) is 11.3. The minimum atomic E-state index is 0.405. The van der Waals surface area contributed by atoms with Crippen LogP contribution in [-0.2, 0) is 6.61 Å². The van der Waals surface area contributed by atoms with Crippen LogP contribution in [0, 0.1) is 14.9 Å². The van der Waals surface area contributed by atoms with E-state index in [9.17, 15) is 5.26 Å². The van der Waals surface area contributed by atoms with Gasteiger partial charge in [-0.15, -0.1) is 0 Å². The van der Waals surface area contributed by atoms with E-state index in [0.717, 1.165) is 20.1 Å². The van der Waals surface area contributed by atoms with Gasteiger partial charge in [-0.05, 0) is 87.3 Å². The SMILES string of the molecule is CCOc1cc(/C=C(/C#N)c2ccc(Cl)c(Cl)c2)cc(I)c1OCc1cccc2ccccc12. The van der Waals surface area contributed by atoms with Crippen molar-refractivity contribution in [2.75, 3.05) is 6.61 Å². The van der Waals surface area contributed by atoms with E-state index in [2.05, 4.69) is 52.9 Å². The molecule has 0 radical (unpaired) electrons. The van der Waals surface area contributed by atoms with Crippen LogP contribution in [-0.4, -0.2) is 6.61 Å². The number of nitriles is 1. The molecule has 0 saturated heterocycles. The second kappa shape index (κ2) is 11.1. The van der Waals surface area contributed by atoms with Gasteiger partial charge in [0, 0.05) is 0 Å². The van der Waals surface area contributed by atoms with Gasteiger partial charge in [-0.25, -0.2) is 0 Å². The van der Waals surface area contributed by atoms with Gasteiger partial charge in [-0.1, -0.05) is 71.7 Å². The highest BCUT2D eigenvalue weighted by atomic mass is 127. The van der Waals surface area contributed by atoms with E-state index in [1.807, 2.05) is 37.3 Å². The zero-order chi connectivity index (χ0) is 24.1. The molecule has 170 valence electrons. The number of rotatable bonds is 7. The fourth-order valence-corrected chi connectivity index (χ4v) is 4.73. The summed E-state index contributed by atoms with van der Waals surface area (Å²) in [5.41, 5.74) is 3.10. The summed E-state index contributed by atoms with van der Waals surface area (Å²) in [7, 11) is 0. The molecular formula is C28H20Cl2INO2. The molecule has 34 heavy (non-hydrogen) atoms. The van der Waals surface area contributed by atoms with Crippen molar-refractivity contribution >= 4 is 68.2 Å². The summed E-state index contributed by atoms with van der Waals surface area (Å²) in [6, 6.07) is 25.7. The Kier molecular flexibility index (Phi) is 7.99. The largest absolute Gasteiger partial charge is 0.490 e. The summed E-state index contributed by atoms with van der Waals surface area (Å²) in [4.78, 5) is 0. The number of halogens is 3. The maximum Gasteiger partial charge on any atom is 0.175 e. The summed E-state index contributed by atoms with van der Waals surface area (Å²) < 4.78 is 13.1. The number of hydrogen-bond acceptors (Lipinski definition) is 3. The van der Waals surface area contributed by atoms with Crippen molar-refractivity contribution in [2.45, 2.75) is 13.5 Å². The van der Waals surface area contributed by atoms with Gasteiger partial charge >= 0.3 is 0 Å². The van der Waals surface area contributed by atoms with Gasteiger partial charge in [0.25, 0.3) is 0 Å². The first-order chi connectivity index (χ1) is 16.5. The van der Waals surface area contributed by atoms with Crippen LogP contribution in [0.15, 0.2) is 72.8 Å². The molecule has 4 aromatic rings. The fourth-order valence-electron chi connectivity index (χ4n) is 3.65. The summed E-state index contributed by atoms with van der Waals surface area (Å²) in [5, 5.41) is 12.9. The number of benzene rings is 4. The molecule has 0 N–H and O–H groups in total. The Bertz CT molecular complexity index is 1420. The quantitative estimate of drug-likeness (QED) is 0.121. The lowest BCUT2D eigenvalue weighted by molar-refractivity contribution is 0.268. The zero-order valence-corrected chi connectivity index (χ0v) is 22.0. The Morgan fingerprint density at radius 3 is 2.53 bits per heavy atom. The topological polar surface area (TPSA) is 42.2 Å². The zero-order valence-electron chi connectivity index (χ0n) is 18.3. The Morgan fingerprint density at radius 2 is 1.76 bits per heavy atom. The Balaban J connectivity index is 1.66. The van der Waals surface area contributed by atoms with Crippen LogP contribution in [0.1, 0.15) is 23.6 Å². The molecule has 0 aromatic heterocycles. The first-order valence-corrected chi connectivity index (χ1v) is 12.5. The van der Waals surface area contributed by atoms with E-state index < -0.39 is 0 Å². The van der Waals surface area contributed by atoms with Crippen molar-refractivity contribution in [3.05, 3.63) is 103 Å². The lowest BCUT2D eigenvalue weighted by atomic mass is 10.0. The number of nitrogens with zero attached hydrogens (tertiary/aromatic N) is 1. The van der Waals surface area contributed by atoms with Crippen LogP contribution in [0.25, 0.3) is 22.4 Å². The maximum atomic E-state index is 9.74. The number of ether oxygens (including phenoxy) is 2. The highest BCUT2D eigenvalue weighted by Crippen LogP contribution is 2.37. The third-order valence-corrected chi connectivity index (χ3v) is 6.79. The third-order valence-electron chi connectivity index (χ3n) is 5.25. The molecule has 0 fully saturated rings. The summed E-state index contributed by atoms with van der Waals surface area (Å²) in [5.74, 6) is 1.31. The number of hydrogen-bond donors (Lipinski definition) is 0. The third kappa shape index (κ3) is 5.50. The van der Waals surface area contributed by atoms with Crippen molar-refractivity contribution < 1.29 is 9.47 Å². The summed E-state index contributed by atoms with van der Waals surface area (Å²) >= 11 is 14.4. The molecule has 4 rings (SSSR count). The Labute approximate surface area is 222 Å². The average Bonchev–Trinajstić information content (AvgIpc) is 2.84. The summed E-state index contributed by atoms with van der Waals surface area (Å²) in [6.07, 6.45) is 1.80. The van der Waals surface area contributed by atoms with E-state index in [-0.39, 0.29) is 0 Å². The second-order valence-electron chi connectivity index (χ2n) is 7.49. The van der Waals surface area contributed by atoms with Crippen LogP contribution in [0.4, 0.5) is 0 Å². The molecule has 0 aliphatic carbocycles. The molecule has 0 amide bonds. The van der Waals surface area contributed by atoms with Gasteiger partial charge in [0.15, 0.2) is 11.5 Å². The fraction of sp³-hybridized carbons (Fsp3) is 0.107. The highest BCUT2D eigenvalue weighted by Gasteiger charge is 2.14. The molecule has 0 saturated carbocycles. The minimum Gasteiger partial charge on any atom is -0.490 e. The second-order valence-corrected chi connectivity index (χ2v) is 9.47. The van der Waals surface area contributed by atoms with Gasteiger partial charge < -0.3 is 9.47 Å². The first-order valence-electron chi connectivity index (χ1n) is 10.6. The average molecular weight is 600 g/mol. The van der Waals surface area contributed by atoms with E-state index in [1.165, 1.54) is 5.39 Å². The van der Waals surface area contributed by atoms with Gasteiger partial charge in [-0.3, -0.25) is 0 Å². The Morgan fingerprint density at radius 1 is 0.971 bits per heavy atom. The molecule has 0 aliphatic heterocycles. The van der Waals surface area contributed by atoms with E-state index in [4.69, 9.17) is 32.7 Å². The van der Waals surface area contributed by atoms with Crippen molar-refractivity contribution in [1.29, 1.82) is 5.26 Å². The van der Waals surface area contributed by atoms with Gasteiger partial charge in [0.05, 0.1) is 31.9 Å². The Hall–Kier alpha value is -2.72. The summed E-state index contributed by atoms with van der Waals surface area (Å²) in [6.45, 7) is 2.84. The number of allylic oxidation sites excluding steroid dienone is 1. The van der Waals surface area contributed by atoms with Crippen LogP contribution >= 0.6 is 45.8 Å².